The molecule has 1 N–H and O–H groups in total. The van der Waals surface area contributed by atoms with Crippen molar-refractivity contribution < 1.29 is 22.4 Å². The molecule has 1 atom stereocenters. The standard InChI is InChI=1S/C22H16F4N2O/c23-19-7-3-1-5-15(19)9-10-18(11-12-22(24,25)26)28-21(29)17-13-16-6-2-4-8-20(16)27-14-17/h1-8,13-14,18H,11-12H2,(H,28,29). The van der Waals surface area contributed by atoms with Crippen LogP contribution in [0.25, 0.3) is 10.9 Å². The molecule has 1 amide bonds. The minimum atomic E-state index is -4.40. The molecule has 0 aliphatic rings. The Kier molecular flexibility index (Phi) is 6.13. The lowest BCUT2D eigenvalue weighted by Crippen LogP contribution is -2.35. The van der Waals surface area contributed by atoms with Crippen molar-refractivity contribution >= 4 is 16.8 Å². The lowest BCUT2D eigenvalue weighted by Gasteiger charge is -2.15. The minimum Gasteiger partial charge on any atom is -0.338 e. The first-order chi connectivity index (χ1) is 13.8. The SMILES string of the molecule is O=C(NC(C#Cc1ccccc1F)CCC(F)(F)F)c1cnc2ccccc2c1. The molecule has 0 aliphatic carbocycles. The van der Waals surface area contributed by atoms with E-state index in [2.05, 4.69) is 22.1 Å². The third-order valence-corrected chi connectivity index (χ3v) is 4.13. The van der Waals surface area contributed by atoms with Crippen LogP contribution in [0, 0.1) is 17.7 Å². The van der Waals surface area contributed by atoms with Crippen LogP contribution in [0.2, 0.25) is 0 Å². The fourth-order valence-corrected chi connectivity index (χ4v) is 2.65. The number of para-hydroxylation sites is 1. The van der Waals surface area contributed by atoms with E-state index in [0.717, 1.165) is 5.39 Å². The summed E-state index contributed by atoms with van der Waals surface area (Å²) in [6, 6.07) is 13.3. The molecule has 3 rings (SSSR count). The first kappa shape index (κ1) is 20.3. The molecule has 1 unspecified atom stereocenters. The number of pyridine rings is 1. The van der Waals surface area contributed by atoms with Gasteiger partial charge in [0.05, 0.1) is 22.7 Å². The summed E-state index contributed by atoms with van der Waals surface area (Å²) in [5, 5.41) is 3.21. The number of fused-ring (bicyclic) bond motifs is 1. The lowest BCUT2D eigenvalue weighted by molar-refractivity contribution is -0.135. The van der Waals surface area contributed by atoms with Crippen molar-refractivity contribution in [2.24, 2.45) is 0 Å². The van der Waals surface area contributed by atoms with Gasteiger partial charge < -0.3 is 5.32 Å². The van der Waals surface area contributed by atoms with Crippen LogP contribution in [0.15, 0.2) is 60.8 Å². The van der Waals surface area contributed by atoms with Crippen molar-refractivity contribution in [1.82, 2.24) is 10.3 Å². The number of alkyl halides is 3. The van der Waals surface area contributed by atoms with Gasteiger partial charge >= 0.3 is 6.18 Å². The van der Waals surface area contributed by atoms with Gasteiger partial charge in [-0.15, -0.1) is 0 Å². The number of rotatable bonds is 4. The van der Waals surface area contributed by atoms with Crippen LogP contribution >= 0.6 is 0 Å². The highest BCUT2D eigenvalue weighted by atomic mass is 19.4. The number of benzene rings is 2. The van der Waals surface area contributed by atoms with Gasteiger partial charge in [0.2, 0.25) is 0 Å². The lowest BCUT2D eigenvalue weighted by atomic mass is 10.1. The topological polar surface area (TPSA) is 42.0 Å². The summed E-state index contributed by atoms with van der Waals surface area (Å²) >= 11 is 0. The maximum atomic E-state index is 13.7. The molecule has 3 aromatic rings. The van der Waals surface area contributed by atoms with Crippen molar-refractivity contribution in [3.05, 3.63) is 77.7 Å². The third-order valence-electron chi connectivity index (χ3n) is 4.13. The fraction of sp³-hybridized carbons (Fsp3) is 0.182. The predicted octanol–water partition coefficient (Wildman–Crippen LogP) is 4.87. The highest BCUT2D eigenvalue weighted by molar-refractivity contribution is 5.97. The maximum absolute atomic E-state index is 13.7. The van der Waals surface area contributed by atoms with E-state index in [1.54, 1.807) is 36.4 Å². The van der Waals surface area contributed by atoms with Gasteiger partial charge in [0, 0.05) is 18.0 Å². The number of nitrogens with zero attached hydrogens (tertiary/aromatic N) is 1. The molecule has 0 radical (unpaired) electrons. The van der Waals surface area contributed by atoms with E-state index >= 15 is 0 Å². The van der Waals surface area contributed by atoms with Crippen molar-refractivity contribution in [1.29, 1.82) is 0 Å². The second-order valence-corrected chi connectivity index (χ2v) is 6.35. The number of halogens is 4. The van der Waals surface area contributed by atoms with Crippen LogP contribution in [0.4, 0.5) is 17.6 Å². The van der Waals surface area contributed by atoms with Crippen molar-refractivity contribution in [3.8, 4) is 11.8 Å². The van der Waals surface area contributed by atoms with Gasteiger partial charge in [-0.1, -0.05) is 42.2 Å². The van der Waals surface area contributed by atoms with Gasteiger partial charge in [0.15, 0.2) is 0 Å². The highest BCUT2D eigenvalue weighted by Gasteiger charge is 2.28. The number of hydrogen-bond donors (Lipinski definition) is 1. The van der Waals surface area contributed by atoms with E-state index in [1.807, 2.05) is 0 Å². The largest absolute Gasteiger partial charge is 0.389 e. The van der Waals surface area contributed by atoms with Gasteiger partial charge in [0.25, 0.3) is 5.91 Å². The third kappa shape index (κ3) is 5.79. The molecule has 2 aromatic carbocycles. The molecule has 29 heavy (non-hydrogen) atoms. The smallest absolute Gasteiger partial charge is 0.338 e. The summed E-state index contributed by atoms with van der Waals surface area (Å²) in [6.45, 7) is 0. The molecule has 0 fully saturated rings. The van der Waals surface area contributed by atoms with E-state index in [4.69, 9.17) is 0 Å². The minimum absolute atomic E-state index is 0.0473. The van der Waals surface area contributed by atoms with Gasteiger partial charge in [-0.25, -0.2) is 4.39 Å². The average molecular weight is 400 g/mol. The zero-order chi connectivity index (χ0) is 20.9. The summed E-state index contributed by atoms with van der Waals surface area (Å²) < 4.78 is 51.7. The van der Waals surface area contributed by atoms with Crippen LogP contribution in [-0.4, -0.2) is 23.1 Å². The Morgan fingerprint density at radius 1 is 1.10 bits per heavy atom. The van der Waals surface area contributed by atoms with E-state index in [9.17, 15) is 22.4 Å². The monoisotopic (exact) mass is 400 g/mol. The van der Waals surface area contributed by atoms with Crippen LogP contribution in [0.3, 0.4) is 0 Å². The van der Waals surface area contributed by atoms with Crippen LogP contribution in [-0.2, 0) is 0 Å². The van der Waals surface area contributed by atoms with Crippen molar-refractivity contribution in [2.75, 3.05) is 0 Å². The molecule has 148 valence electrons. The van der Waals surface area contributed by atoms with E-state index in [-0.39, 0.29) is 11.1 Å². The Morgan fingerprint density at radius 2 is 1.83 bits per heavy atom. The molecule has 0 bridgehead atoms. The van der Waals surface area contributed by atoms with Crippen molar-refractivity contribution in [2.45, 2.75) is 25.1 Å². The predicted molar refractivity (Wildman–Crippen MR) is 102 cm³/mol. The Morgan fingerprint density at radius 3 is 2.59 bits per heavy atom. The Hall–Kier alpha value is -3.40. The van der Waals surface area contributed by atoms with Gasteiger partial charge in [-0.2, -0.15) is 13.2 Å². The van der Waals surface area contributed by atoms with E-state index in [1.165, 1.54) is 24.4 Å². The summed E-state index contributed by atoms with van der Waals surface area (Å²) in [4.78, 5) is 16.7. The molecule has 7 heteroatoms. The Bertz CT molecular complexity index is 1080. The number of amides is 1. The molecular weight excluding hydrogens is 384 g/mol. The summed E-state index contributed by atoms with van der Waals surface area (Å²) in [5.74, 6) is 3.88. The average Bonchev–Trinajstić information content (AvgIpc) is 2.70. The number of aromatic nitrogens is 1. The maximum Gasteiger partial charge on any atom is 0.389 e. The molecule has 0 saturated heterocycles. The summed E-state index contributed by atoms with van der Waals surface area (Å²) in [7, 11) is 0. The van der Waals surface area contributed by atoms with E-state index in [0.29, 0.717) is 5.52 Å². The molecule has 1 heterocycles. The number of hydrogen-bond acceptors (Lipinski definition) is 2. The quantitative estimate of drug-likeness (QED) is 0.502. The summed E-state index contributed by atoms with van der Waals surface area (Å²) in [6.07, 6.45) is -4.62. The van der Waals surface area contributed by atoms with Gasteiger partial charge in [-0.3, -0.25) is 9.78 Å². The second kappa shape index (κ2) is 8.74. The summed E-state index contributed by atoms with van der Waals surface area (Å²) in [5.41, 5.74) is 0.941. The van der Waals surface area contributed by atoms with E-state index < -0.39 is 36.8 Å². The zero-order valence-corrected chi connectivity index (χ0v) is 15.1. The molecule has 1 aromatic heterocycles. The van der Waals surface area contributed by atoms with Crippen LogP contribution < -0.4 is 5.32 Å². The fourth-order valence-electron chi connectivity index (χ4n) is 2.65. The molecule has 0 aliphatic heterocycles. The first-order valence-corrected chi connectivity index (χ1v) is 8.80. The molecule has 3 nitrogen and oxygen atoms in total. The van der Waals surface area contributed by atoms with Gasteiger partial charge in [0.1, 0.15) is 5.82 Å². The first-order valence-electron chi connectivity index (χ1n) is 8.80. The Labute approximate surface area is 164 Å². The number of carbonyl (C=O) groups is 1. The second-order valence-electron chi connectivity index (χ2n) is 6.35. The molecular formula is C22H16F4N2O. The highest BCUT2D eigenvalue weighted by Crippen LogP contribution is 2.22. The number of nitrogens with one attached hydrogen (secondary N) is 1. The van der Waals surface area contributed by atoms with Gasteiger partial charge in [-0.05, 0) is 30.7 Å². The number of carbonyl (C=O) groups excluding carboxylic acids is 1. The molecule has 0 spiro atoms. The van der Waals surface area contributed by atoms with Crippen LogP contribution in [0.5, 0.6) is 0 Å². The van der Waals surface area contributed by atoms with Crippen LogP contribution in [0.1, 0.15) is 28.8 Å². The normalized spacial score (nSPS) is 12.1. The zero-order valence-electron chi connectivity index (χ0n) is 15.1. The molecule has 0 saturated carbocycles. The Balaban J connectivity index is 1.81. The van der Waals surface area contributed by atoms with Crippen molar-refractivity contribution in [3.63, 3.8) is 0 Å².